The van der Waals surface area contributed by atoms with E-state index < -0.39 is 0 Å². The number of hydrogen-bond acceptors (Lipinski definition) is 5. The lowest BCUT2D eigenvalue weighted by atomic mass is 9.66. The molecule has 130 valence electrons. The van der Waals surface area contributed by atoms with Crippen LogP contribution in [0.1, 0.15) is 69.7 Å². The number of hydrazone groups is 1. The van der Waals surface area contributed by atoms with E-state index in [1.807, 2.05) is 26.8 Å². The summed E-state index contributed by atoms with van der Waals surface area (Å²) in [6, 6.07) is 10.5. The smallest absolute Gasteiger partial charge is 0.252 e. The topological polar surface area (TPSA) is 74.2 Å². The van der Waals surface area contributed by atoms with Crippen LogP contribution in [-0.2, 0) is 10.8 Å². The Morgan fingerprint density at radius 2 is 1.96 bits per heavy atom. The van der Waals surface area contributed by atoms with E-state index in [9.17, 15) is 5.26 Å². The number of nitrogens with zero attached hydrogens (tertiary/aromatic N) is 3. The summed E-state index contributed by atoms with van der Waals surface area (Å²) in [4.78, 5) is 4.22. The zero-order chi connectivity index (χ0) is 18.1. The predicted molar refractivity (Wildman–Crippen MR) is 98.8 cm³/mol. The molecule has 1 aliphatic carbocycles. The van der Waals surface area contributed by atoms with E-state index in [0.717, 1.165) is 5.56 Å². The lowest BCUT2D eigenvalue weighted by Crippen LogP contribution is -2.30. The third-order valence-electron chi connectivity index (χ3n) is 4.82. The second-order valence-corrected chi connectivity index (χ2v) is 7.96. The highest BCUT2D eigenvalue weighted by Crippen LogP contribution is 2.42. The number of anilines is 1. The van der Waals surface area contributed by atoms with Crippen molar-refractivity contribution >= 4 is 12.1 Å². The summed E-state index contributed by atoms with van der Waals surface area (Å²) in [5.74, 6) is 0.794. The van der Waals surface area contributed by atoms with Crippen molar-refractivity contribution in [1.82, 2.24) is 4.98 Å². The first kappa shape index (κ1) is 17.2. The van der Waals surface area contributed by atoms with Gasteiger partial charge < -0.3 is 4.42 Å². The van der Waals surface area contributed by atoms with E-state index in [0.29, 0.717) is 11.3 Å². The SMILES string of the molecule is CC(C)(C)c1nc(C#N)c(NN=Cc2ccc(C3(C)CCC3)cc2)o1. The van der Waals surface area contributed by atoms with Gasteiger partial charge in [-0.1, -0.05) is 58.4 Å². The first-order valence-corrected chi connectivity index (χ1v) is 8.63. The summed E-state index contributed by atoms with van der Waals surface area (Å²) in [6.07, 6.45) is 5.56. The molecule has 0 amide bonds. The number of rotatable bonds is 4. The molecular weight excluding hydrogens is 312 g/mol. The largest absolute Gasteiger partial charge is 0.421 e. The molecular formula is C20H24N4O. The lowest BCUT2D eigenvalue weighted by Gasteiger charge is -2.39. The summed E-state index contributed by atoms with van der Waals surface area (Å²) in [5, 5.41) is 13.4. The molecule has 1 aliphatic rings. The van der Waals surface area contributed by atoms with Crippen molar-refractivity contribution in [2.45, 2.75) is 57.8 Å². The normalized spacial score (nSPS) is 16.4. The Labute approximate surface area is 148 Å². The van der Waals surface area contributed by atoms with Crippen LogP contribution in [0.5, 0.6) is 0 Å². The molecule has 0 saturated heterocycles. The molecule has 1 heterocycles. The molecule has 1 N–H and O–H groups in total. The average Bonchev–Trinajstić information content (AvgIpc) is 2.97. The molecule has 2 aromatic rings. The fourth-order valence-corrected chi connectivity index (χ4v) is 2.93. The van der Waals surface area contributed by atoms with Crippen molar-refractivity contribution < 1.29 is 4.42 Å². The van der Waals surface area contributed by atoms with Crippen LogP contribution in [0.15, 0.2) is 33.8 Å². The van der Waals surface area contributed by atoms with Crippen molar-refractivity contribution in [1.29, 1.82) is 5.26 Å². The van der Waals surface area contributed by atoms with E-state index in [1.54, 1.807) is 6.21 Å². The molecule has 1 saturated carbocycles. The van der Waals surface area contributed by atoms with Gasteiger partial charge in [0.15, 0.2) is 0 Å². The Morgan fingerprint density at radius 1 is 1.28 bits per heavy atom. The molecule has 3 rings (SSSR count). The fraction of sp³-hybridized carbons (Fsp3) is 0.450. The van der Waals surface area contributed by atoms with Gasteiger partial charge in [0.1, 0.15) is 6.07 Å². The van der Waals surface area contributed by atoms with E-state index in [-0.39, 0.29) is 17.0 Å². The van der Waals surface area contributed by atoms with Gasteiger partial charge in [0.05, 0.1) is 6.21 Å². The minimum absolute atomic E-state index is 0.218. The molecule has 0 aliphatic heterocycles. The Morgan fingerprint density at radius 3 is 2.48 bits per heavy atom. The van der Waals surface area contributed by atoms with Gasteiger partial charge in [0, 0.05) is 5.41 Å². The molecule has 5 heteroatoms. The number of nitriles is 1. The van der Waals surface area contributed by atoms with Gasteiger partial charge in [-0.3, -0.25) is 0 Å². The third-order valence-corrected chi connectivity index (χ3v) is 4.82. The zero-order valence-electron chi connectivity index (χ0n) is 15.3. The van der Waals surface area contributed by atoms with Crippen LogP contribution in [0.25, 0.3) is 0 Å². The summed E-state index contributed by atoms with van der Waals surface area (Å²) in [5.41, 5.74) is 5.48. The van der Waals surface area contributed by atoms with Gasteiger partial charge in [-0.15, -0.1) is 0 Å². The maximum atomic E-state index is 9.19. The highest BCUT2D eigenvalue weighted by atomic mass is 16.4. The van der Waals surface area contributed by atoms with Crippen molar-refractivity contribution in [3.05, 3.63) is 47.0 Å². The molecule has 1 aromatic heterocycles. The Hall–Kier alpha value is -2.61. The quantitative estimate of drug-likeness (QED) is 0.647. The molecule has 5 nitrogen and oxygen atoms in total. The summed E-state index contributed by atoms with van der Waals surface area (Å²) < 4.78 is 5.64. The fourth-order valence-electron chi connectivity index (χ4n) is 2.93. The molecule has 0 spiro atoms. The number of aromatic nitrogens is 1. The number of nitrogens with one attached hydrogen (secondary N) is 1. The highest BCUT2D eigenvalue weighted by molar-refractivity contribution is 5.80. The first-order chi connectivity index (χ1) is 11.8. The zero-order valence-corrected chi connectivity index (χ0v) is 15.3. The van der Waals surface area contributed by atoms with E-state index >= 15 is 0 Å². The highest BCUT2D eigenvalue weighted by Gasteiger charge is 2.33. The second kappa shape index (κ2) is 6.36. The van der Waals surface area contributed by atoms with Gasteiger partial charge in [-0.2, -0.15) is 15.3 Å². The van der Waals surface area contributed by atoms with E-state index in [1.165, 1.54) is 24.8 Å². The molecule has 1 aromatic carbocycles. The van der Waals surface area contributed by atoms with Crippen molar-refractivity contribution in [2.24, 2.45) is 5.10 Å². The standard InChI is InChI=1S/C20H24N4O/c1-19(2,3)18-23-16(12-21)17(25-18)24-22-13-14-6-8-15(9-7-14)20(4)10-5-11-20/h6-9,13,24H,5,10-11H2,1-4H3. The van der Waals surface area contributed by atoms with Crippen LogP contribution < -0.4 is 5.43 Å². The van der Waals surface area contributed by atoms with Crippen molar-refractivity contribution in [3.8, 4) is 6.07 Å². The number of hydrogen-bond donors (Lipinski definition) is 1. The third kappa shape index (κ3) is 3.58. The van der Waals surface area contributed by atoms with Crippen LogP contribution in [0, 0.1) is 11.3 Å². The van der Waals surface area contributed by atoms with Gasteiger partial charge in [0.2, 0.25) is 11.6 Å². The van der Waals surface area contributed by atoms with Crippen LogP contribution in [0.4, 0.5) is 5.88 Å². The van der Waals surface area contributed by atoms with Gasteiger partial charge in [-0.25, -0.2) is 5.43 Å². The van der Waals surface area contributed by atoms with Gasteiger partial charge in [0.25, 0.3) is 5.88 Å². The maximum Gasteiger partial charge on any atom is 0.252 e. The molecule has 0 bridgehead atoms. The van der Waals surface area contributed by atoms with Gasteiger partial charge in [-0.05, 0) is 29.4 Å². The Bertz CT molecular complexity index is 815. The number of benzene rings is 1. The van der Waals surface area contributed by atoms with Crippen molar-refractivity contribution in [2.75, 3.05) is 5.43 Å². The summed E-state index contributed by atoms with van der Waals surface area (Å²) in [6.45, 7) is 8.27. The monoisotopic (exact) mass is 336 g/mol. The van der Waals surface area contributed by atoms with Crippen LogP contribution >= 0.6 is 0 Å². The molecule has 1 fully saturated rings. The van der Waals surface area contributed by atoms with Crippen LogP contribution in [-0.4, -0.2) is 11.2 Å². The molecule has 25 heavy (non-hydrogen) atoms. The van der Waals surface area contributed by atoms with Gasteiger partial charge >= 0.3 is 0 Å². The van der Waals surface area contributed by atoms with E-state index in [2.05, 4.69) is 46.7 Å². The lowest BCUT2D eigenvalue weighted by molar-refractivity contribution is 0.272. The molecule has 0 unspecified atom stereocenters. The minimum Gasteiger partial charge on any atom is -0.421 e. The first-order valence-electron chi connectivity index (χ1n) is 8.63. The molecule has 0 atom stereocenters. The minimum atomic E-state index is -0.261. The average molecular weight is 336 g/mol. The summed E-state index contributed by atoms with van der Waals surface area (Å²) in [7, 11) is 0. The second-order valence-electron chi connectivity index (χ2n) is 7.96. The Balaban J connectivity index is 1.69. The van der Waals surface area contributed by atoms with E-state index in [4.69, 9.17) is 4.42 Å². The predicted octanol–water partition coefficient (Wildman–Crippen LogP) is 4.73. The Kier molecular flexibility index (Phi) is 4.38. The van der Waals surface area contributed by atoms with Crippen molar-refractivity contribution in [3.63, 3.8) is 0 Å². The summed E-state index contributed by atoms with van der Waals surface area (Å²) >= 11 is 0. The number of oxazole rings is 1. The maximum absolute atomic E-state index is 9.19. The van der Waals surface area contributed by atoms with Crippen LogP contribution in [0.3, 0.4) is 0 Å². The van der Waals surface area contributed by atoms with Crippen LogP contribution in [0.2, 0.25) is 0 Å². The molecule has 0 radical (unpaired) electrons.